The maximum Gasteiger partial charge on any atom is 0.236 e. The first-order valence-corrected chi connectivity index (χ1v) is 6.74. The lowest BCUT2D eigenvalue weighted by atomic mass is 10.1. The van der Waals surface area contributed by atoms with Crippen molar-refractivity contribution in [2.24, 2.45) is 0 Å². The first kappa shape index (κ1) is 16.2. The molecule has 0 fully saturated rings. The Labute approximate surface area is 122 Å². The van der Waals surface area contributed by atoms with Crippen LogP contribution in [0.4, 0.5) is 4.39 Å². The lowest BCUT2D eigenvalue weighted by Crippen LogP contribution is -2.36. The molecule has 0 spiro atoms. The number of amides is 1. The van der Waals surface area contributed by atoms with Crippen molar-refractivity contribution in [3.05, 3.63) is 33.6 Å². The molecule has 0 aliphatic carbocycles. The molecule has 1 aromatic carbocycles. The number of hydrogen-bond donors (Lipinski definition) is 1. The predicted octanol–water partition coefficient (Wildman–Crippen LogP) is 3.26. The molecule has 19 heavy (non-hydrogen) atoms. The van der Waals surface area contributed by atoms with Gasteiger partial charge in [0.1, 0.15) is 5.82 Å². The zero-order valence-corrected chi connectivity index (χ0v) is 12.6. The van der Waals surface area contributed by atoms with E-state index in [0.717, 1.165) is 0 Å². The van der Waals surface area contributed by atoms with E-state index in [-0.39, 0.29) is 23.5 Å². The molecule has 0 saturated heterocycles. The van der Waals surface area contributed by atoms with Gasteiger partial charge in [-0.05, 0) is 26.0 Å². The highest BCUT2D eigenvalue weighted by molar-refractivity contribution is 6.36. The Kier molecular flexibility index (Phi) is 6.04. The molecule has 0 saturated carbocycles. The number of hydrogen-bond acceptors (Lipinski definition) is 2. The molecule has 0 aliphatic rings. The molecule has 1 unspecified atom stereocenters. The van der Waals surface area contributed by atoms with Crippen LogP contribution in [0.3, 0.4) is 0 Å². The number of halogens is 3. The van der Waals surface area contributed by atoms with E-state index in [1.165, 1.54) is 12.1 Å². The molecular formula is C13H17Cl2FN2O. The molecule has 0 heterocycles. The second-order valence-electron chi connectivity index (χ2n) is 4.27. The molecule has 0 aliphatic heterocycles. The standard InChI is InChI=1S/C13H17Cl2FN2O/c1-4-18(3)11(19)7-17-8(2)12-9(14)5-6-10(16)13(12)15/h5-6,8,17H,4,7H2,1-3H3. The van der Waals surface area contributed by atoms with Crippen LogP contribution in [0.2, 0.25) is 10.0 Å². The van der Waals surface area contributed by atoms with Gasteiger partial charge in [-0.15, -0.1) is 0 Å². The summed E-state index contributed by atoms with van der Waals surface area (Å²) in [6.07, 6.45) is 0. The van der Waals surface area contributed by atoms with E-state index in [1.54, 1.807) is 18.9 Å². The Hall–Kier alpha value is -0.840. The summed E-state index contributed by atoms with van der Waals surface area (Å²) in [7, 11) is 1.72. The quantitative estimate of drug-likeness (QED) is 0.847. The van der Waals surface area contributed by atoms with Crippen LogP contribution in [0.5, 0.6) is 0 Å². The van der Waals surface area contributed by atoms with Gasteiger partial charge in [-0.2, -0.15) is 0 Å². The van der Waals surface area contributed by atoms with Crippen LogP contribution in [-0.2, 0) is 4.79 Å². The van der Waals surface area contributed by atoms with Gasteiger partial charge < -0.3 is 10.2 Å². The summed E-state index contributed by atoms with van der Waals surface area (Å²) in [5.74, 6) is -0.565. The van der Waals surface area contributed by atoms with E-state index < -0.39 is 5.82 Å². The van der Waals surface area contributed by atoms with Crippen molar-refractivity contribution in [2.45, 2.75) is 19.9 Å². The molecular weight excluding hydrogens is 290 g/mol. The molecule has 1 N–H and O–H groups in total. The van der Waals surface area contributed by atoms with Crippen molar-refractivity contribution < 1.29 is 9.18 Å². The highest BCUT2D eigenvalue weighted by Crippen LogP contribution is 2.32. The minimum absolute atomic E-state index is 0.0104. The number of nitrogens with one attached hydrogen (secondary N) is 1. The minimum Gasteiger partial charge on any atom is -0.345 e. The second-order valence-corrected chi connectivity index (χ2v) is 5.05. The third-order valence-electron chi connectivity index (χ3n) is 2.97. The number of carbonyl (C=O) groups is 1. The van der Waals surface area contributed by atoms with Gasteiger partial charge in [0.2, 0.25) is 5.91 Å². The van der Waals surface area contributed by atoms with E-state index in [2.05, 4.69) is 5.32 Å². The molecule has 0 bridgehead atoms. The van der Waals surface area contributed by atoms with Crippen LogP contribution >= 0.6 is 23.2 Å². The second kappa shape index (κ2) is 7.08. The SMILES string of the molecule is CCN(C)C(=O)CNC(C)c1c(Cl)ccc(F)c1Cl. The third-order valence-corrected chi connectivity index (χ3v) is 3.69. The minimum atomic E-state index is -0.522. The molecule has 6 heteroatoms. The smallest absolute Gasteiger partial charge is 0.236 e. The molecule has 0 aromatic heterocycles. The van der Waals surface area contributed by atoms with Gasteiger partial charge in [-0.3, -0.25) is 4.79 Å². The van der Waals surface area contributed by atoms with E-state index in [0.29, 0.717) is 17.1 Å². The molecule has 3 nitrogen and oxygen atoms in total. The van der Waals surface area contributed by atoms with Crippen LogP contribution in [0.1, 0.15) is 25.5 Å². The van der Waals surface area contributed by atoms with E-state index in [1.807, 2.05) is 6.92 Å². The van der Waals surface area contributed by atoms with Gasteiger partial charge in [0.05, 0.1) is 11.6 Å². The Bertz CT molecular complexity index is 468. The highest BCUT2D eigenvalue weighted by atomic mass is 35.5. The van der Waals surface area contributed by atoms with Gasteiger partial charge in [-0.25, -0.2) is 4.39 Å². The van der Waals surface area contributed by atoms with Crippen molar-refractivity contribution >= 4 is 29.1 Å². The zero-order chi connectivity index (χ0) is 14.6. The summed E-state index contributed by atoms with van der Waals surface area (Å²) in [5, 5.41) is 3.36. The highest BCUT2D eigenvalue weighted by Gasteiger charge is 2.18. The lowest BCUT2D eigenvalue weighted by molar-refractivity contribution is -0.128. The number of nitrogens with zero attached hydrogens (tertiary/aromatic N) is 1. The fourth-order valence-corrected chi connectivity index (χ4v) is 2.29. The predicted molar refractivity (Wildman–Crippen MR) is 76.1 cm³/mol. The van der Waals surface area contributed by atoms with Crippen LogP contribution in [0.15, 0.2) is 12.1 Å². The van der Waals surface area contributed by atoms with Crippen LogP contribution < -0.4 is 5.32 Å². The largest absolute Gasteiger partial charge is 0.345 e. The maximum atomic E-state index is 13.4. The first-order chi connectivity index (χ1) is 8.88. The van der Waals surface area contributed by atoms with Crippen molar-refractivity contribution in [1.29, 1.82) is 0 Å². The fraction of sp³-hybridized carbons (Fsp3) is 0.462. The molecule has 1 rings (SSSR count). The van der Waals surface area contributed by atoms with E-state index >= 15 is 0 Å². The fourth-order valence-electron chi connectivity index (χ4n) is 1.59. The molecule has 0 radical (unpaired) electrons. The molecule has 1 atom stereocenters. The summed E-state index contributed by atoms with van der Waals surface area (Å²) < 4.78 is 13.4. The first-order valence-electron chi connectivity index (χ1n) is 5.99. The Morgan fingerprint density at radius 3 is 2.68 bits per heavy atom. The summed E-state index contributed by atoms with van der Waals surface area (Å²) in [5.41, 5.74) is 0.468. The van der Waals surface area contributed by atoms with E-state index in [4.69, 9.17) is 23.2 Å². The van der Waals surface area contributed by atoms with E-state index in [9.17, 15) is 9.18 Å². The monoisotopic (exact) mass is 306 g/mol. The van der Waals surface area contributed by atoms with Crippen molar-refractivity contribution in [3.8, 4) is 0 Å². The Balaban J connectivity index is 2.77. The number of benzene rings is 1. The summed E-state index contributed by atoms with van der Waals surface area (Å²) >= 11 is 11.9. The van der Waals surface area contributed by atoms with Crippen molar-refractivity contribution in [2.75, 3.05) is 20.1 Å². The molecule has 1 amide bonds. The summed E-state index contributed by atoms with van der Waals surface area (Å²) in [6.45, 7) is 4.46. The average Bonchev–Trinajstić information content (AvgIpc) is 2.39. The molecule has 1 aromatic rings. The Morgan fingerprint density at radius 1 is 1.47 bits per heavy atom. The van der Waals surface area contributed by atoms with Crippen molar-refractivity contribution in [1.82, 2.24) is 10.2 Å². The number of carbonyl (C=O) groups excluding carboxylic acids is 1. The normalized spacial score (nSPS) is 12.3. The van der Waals surface area contributed by atoms with Gasteiger partial charge in [-0.1, -0.05) is 23.2 Å². The maximum absolute atomic E-state index is 13.4. The third kappa shape index (κ3) is 4.06. The zero-order valence-electron chi connectivity index (χ0n) is 11.1. The van der Waals surface area contributed by atoms with Gasteiger partial charge >= 0.3 is 0 Å². The number of likely N-dealkylation sites (N-methyl/N-ethyl adjacent to an activating group) is 1. The summed E-state index contributed by atoms with van der Waals surface area (Å²) in [4.78, 5) is 13.3. The van der Waals surface area contributed by atoms with Crippen molar-refractivity contribution in [3.63, 3.8) is 0 Å². The lowest BCUT2D eigenvalue weighted by Gasteiger charge is -2.20. The molecule has 106 valence electrons. The van der Waals surface area contributed by atoms with Crippen LogP contribution in [-0.4, -0.2) is 30.9 Å². The van der Waals surface area contributed by atoms with Crippen LogP contribution in [0, 0.1) is 5.82 Å². The number of rotatable bonds is 5. The van der Waals surface area contributed by atoms with Gasteiger partial charge in [0.15, 0.2) is 0 Å². The topological polar surface area (TPSA) is 32.3 Å². The summed E-state index contributed by atoms with van der Waals surface area (Å²) in [6, 6.07) is 2.36. The van der Waals surface area contributed by atoms with Gasteiger partial charge in [0, 0.05) is 30.2 Å². The van der Waals surface area contributed by atoms with Gasteiger partial charge in [0.25, 0.3) is 0 Å². The Morgan fingerprint density at radius 2 is 2.11 bits per heavy atom. The average molecular weight is 307 g/mol. The van der Waals surface area contributed by atoms with Crippen LogP contribution in [0.25, 0.3) is 0 Å².